The van der Waals surface area contributed by atoms with Crippen LogP contribution in [0, 0.1) is 5.92 Å². The maximum Gasteiger partial charge on any atom is 0.327 e. The van der Waals surface area contributed by atoms with Crippen LogP contribution in [-0.4, -0.2) is 22.3 Å². The molecule has 1 unspecified atom stereocenters. The van der Waals surface area contributed by atoms with Crippen LogP contribution in [0.25, 0.3) is 0 Å². The molecule has 3 N–H and O–H groups in total. The molecule has 0 aromatic heterocycles. The Morgan fingerprint density at radius 3 is 2.08 bits per heavy atom. The van der Waals surface area contributed by atoms with Crippen LogP contribution < -0.4 is 5.73 Å². The lowest BCUT2D eigenvalue weighted by atomic mass is 9.80. The largest absolute Gasteiger partial charge is 0.480 e. The van der Waals surface area contributed by atoms with E-state index >= 15 is 0 Å². The van der Waals surface area contributed by atoms with Gasteiger partial charge in [-0.2, -0.15) is 0 Å². The number of aliphatic carboxylic acids is 1. The minimum absolute atomic E-state index is 0.199. The molecule has 1 saturated carbocycles. The quantitative estimate of drug-likeness (QED) is 0.670. The molecule has 1 aliphatic rings. The molecule has 0 aromatic rings. The minimum Gasteiger partial charge on any atom is -0.480 e. The highest BCUT2D eigenvalue weighted by molar-refractivity contribution is 5.81. The van der Waals surface area contributed by atoms with Gasteiger partial charge in [0.25, 0.3) is 0 Å². The van der Waals surface area contributed by atoms with Crippen molar-refractivity contribution < 1.29 is 14.3 Å². The van der Waals surface area contributed by atoms with Gasteiger partial charge in [0.05, 0.1) is 0 Å². The zero-order chi connectivity index (χ0) is 9.57. The first-order valence-electron chi connectivity index (χ1n) is 4.01. The Morgan fingerprint density at radius 2 is 2.00 bits per heavy atom. The van der Waals surface area contributed by atoms with Gasteiger partial charge in [-0.05, 0) is 32.6 Å². The van der Waals surface area contributed by atoms with Gasteiger partial charge in [-0.3, -0.25) is 4.79 Å². The summed E-state index contributed by atoms with van der Waals surface area (Å²) in [5, 5.41) is 8.81. The van der Waals surface area contributed by atoms with Crippen molar-refractivity contribution in [1.82, 2.24) is 0 Å². The number of hydrogen-bond acceptors (Lipinski definition) is 2. The number of carboxylic acids is 1. The molecule has 3 nitrogen and oxygen atoms in total. The van der Waals surface area contributed by atoms with Crippen molar-refractivity contribution in [2.75, 3.05) is 0 Å². The van der Waals surface area contributed by atoms with Crippen molar-refractivity contribution in [3.8, 4) is 0 Å². The van der Waals surface area contributed by atoms with Crippen molar-refractivity contribution >= 4 is 5.97 Å². The van der Waals surface area contributed by atoms with E-state index in [1.807, 2.05) is 0 Å². The molecule has 0 saturated heterocycles. The molecular formula is C8H14FNO2. The normalized spacial score (nSPS) is 23.3. The van der Waals surface area contributed by atoms with Crippen LogP contribution in [0.3, 0.4) is 0 Å². The molecule has 0 spiro atoms. The van der Waals surface area contributed by atoms with E-state index in [0.29, 0.717) is 0 Å². The summed E-state index contributed by atoms with van der Waals surface area (Å²) in [6.07, 6.45) is 1.44. The van der Waals surface area contributed by atoms with Crippen molar-refractivity contribution in [3.63, 3.8) is 0 Å². The Balaban J connectivity index is 2.93. The van der Waals surface area contributed by atoms with Gasteiger partial charge in [-0.1, -0.05) is 0 Å². The highest BCUT2D eigenvalue weighted by atomic mass is 19.1. The second-order valence-electron chi connectivity index (χ2n) is 3.92. The molecule has 4 heteroatoms. The van der Waals surface area contributed by atoms with E-state index < -0.39 is 17.2 Å². The fourth-order valence-electron chi connectivity index (χ4n) is 1.45. The summed E-state index contributed by atoms with van der Waals surface area (Å²) in [5.74, 6) is -1.44. The average molecular weight is 175 g/mol. The number of nitrogens with two attached hydrogens (primary N) is 1. The summed E-state index contributed by atoms with van der Waals surface area (Å²) in [4.78, 5) is 10.8. The van der Waals surface area contributed by atoms with E-state index in [-0.39, 0.29) is 5.92 Å². The molecule has 1 fully saturated rings. The highest BCUT2D eigenvalue weighted by Crippen LogP contribution is 2.45. The summed E-state index contributed by atoms with van der Waals surface area (Å²) >= 11 is 0. The summed E-state index contributed by atoms with van der Waals surface area (Å²) < 4.78 is 13.5. The number of rotatable bonds is 3. The van der Waals surface area contributed by atoms with E-state index in [4.69, 9.17) is 10.8 Å². The van der Waals surface area contributed by atoms with Gasteiger partial charge in [-0.15, -0.1) is 0 Å². The summed E-state index contributed by atoms with van der Waals surface area (Å²) in [6.45, 7) is 2.44. The Kier molecular flexibility index (Phi) is 1.91. The fourth-order valence-corrected chi connectivity index (χ4v) is 1.45. The Bertz CT molecular complexity index is 208. The summed E-state index contributed by atoms with van der Waals surface area (Å²) in [5.41, 5.74) is 1.99. The monoisotopic (exact) mass is 175 g/mol. The van der Waals surface area contributed by atoms with E-state index in [0.717, 1.165) is 12.8 Å². The van der Waals surface area contributed by atoms with E-state index in [9.17, 15) is 9.18 Å². The molecule has 12 heavy (non-hydrogen) atoms. The fraction of sp³-hybridized carbons (Fsp3) is 0.875. The van der Waals surface area contributed by atoms with Crippen LogP contribution in [0.4, 0.5) is 4.39 Å². The van der Waals surface area contributed by atoms with Gasteiger partial charge in [0.15, 0.2) is 5.54 Å². The number of carboxylic acid groups (broad SMARTS) is 1. The maximum atomic E-state index is 13.5. The minimum atomic E-state index is -1.86. The number of hydrogen-bond donors (Lipinski definition) is 2. The predicted molar refractivity (Wildman–Crippen MR) is 42.5 cm³/mol. The Hall–Kier alpha value is -0.640. The zero-order valence-corrected chi connectivity index (χ0v) is 7.30. The van der Waals surface area contributed by atoms with Gasteiger partial charge in [0.1, 0.15) is 5.67 Å². The molecule has 0 radical (unpaired) electrons. The van der Waals surface area contributed by atoms with Gasteiger partial charge in [0.2, 0.25) is 0 Å². The molecule has 0 amide bonds. The molecule has 0 aromatic carbocycles. The maximum absolute atomic E-state index is 13.5. The second-order valence-corrected chi connectivity index (χ2v) is 3.92. The van der Waals surface area contributed by atoms with E-state index in [2.05, 4.69) is 0 Å². The molecule has 0 bridgehead atoms. The standard InChI is InChI=1S/C8H14FNO2/c1-7(2,9)8(10,6(11)12)5-3-4-5/h5H,3-4,10H2,1-2H3,(H,11,12). The van der Waals surface area contributed by atoms with Crippen molar-refractivity contribution in [1.29, 1.82) is 0 Å². The van der Waals surface area contributed by atoms with Crippen LogP contribution in [0.1, 0.15) is 26.7 Å². The van der Waals surface area contributed by atoms with E-state index in [1.165, 1.54) is 13.8 Å². The molecule has 0 heterocycles. The van der Waals surface area contributed by atoms with Gasteiger partial charge in [-0.25, -0.2) is 4.39 Å². The first-order valence-corrected chi connectivity index (χ1v) is 4.01. The number of carbonyl (C=O) groups is 1. The average Bonchev–Trinajstić information content (AvgIpc) is 2.63. The summed E-state index contributed by atoms with van der Waals surface area (Å²) in [6, 6.07) is 0. The number of alkyl halides is 1. The van der Waals surface area contributed by atoms with Gasteiger partial charge < -0.3 is 10.8 Å². The third kappa shape index (κ3) is 1.20. The Morgan fingerprint density at radius 1 is 1.58 bits per heavy atom. The molecule has 1 rings (SSSR count). The Labute approximate surface area is 70.7 Å². The zero-order valence-electron chi connectivity index (χ0n) is 7.30. The van der Waals surface area contributed by atoms with E-state index in [1.54, 1.807) is 0 Å². The molecule has 70 valence electrons. The van der Waals surface area contributed by atoms with Crippen molar-refractivity contribution in [2.45, 2.75) is 37.9 Å². The third-order valence-electron chi connectivity index (χ3n) is 2.56. The smallest absolute Gasteiger partial charge is 0.327 e. The number of halogens is 1. The molecular weight excluding hydrogens is 161 g/mol. The second kappa shape index (κ2) is 2.42. The SMILES string of the molecule is CC(C)(F)C(N)(C(=O)O)C1CC1. The molecule has 1 aliphatic carbocycles. The molecule has 0 aliphatic heterocycles. The topological polar surface area (TPSA) is 63.3 Å². The van der Waals surface area contributed by atoms with Crippen LogP contribution >= 0.6 is 0 Å². The highest BCUT2D eigenvalue weighted by Gasteiger charge is 2.58. The van der Waals surface area contributed by atoms with Crippen LogP contribution in [0.15, 0.2) is 0 Å². The van der Waals surface area contributed by atoms with Gasteiger partial charge >= 0.3 is 5.97 Å². The van der Waals surface area contributed by atoms with Crippen molar-refractivity contribution in [3.05, 3.63) is 0 Å². The predicted octanol–water partition coefficient (Wildman–Crippen LogP) is 0.927. The van der Waals surface area contributed by atoms with Crippen LogP contribution in [-0.2, 0) is 4.79 Å². The summed E-state index contributed by atoms with van der Waals surface area (Å²) in [7, 11) is 0. The first-order chi connectivity index (χ1) is 5.30. The lowest BCUT2D eigenvalue weighted by molar-refractivity contribution is -0.150. The van der Waals surface area contributed by atoms with Crippen LogP contribution in [0.5, 0.6) is 0 Å². The third-order valence-corrected chi connectivity index (χ3v) is 2.56. The molecule has 1 atom stereocenters. The van der Waals surface area contributed by atoms with Crippen molar-refractivity contribution in [2.24, 2.45) is 11.7 Å². The van der Waals surface area contributed by atoms with Gasteiger partial charge in [0, 0.05) is 0 Å². The lowest BCUT2D eigenvalue weighted by Gasteiger charge is -2.34. The first kappa shape index (κ1) is 9.45. The lowest BCUT2D eigenvalue weighted by Crippen LogP contribution is -2.62. The van der Waals surface area contributed by atoms with Crippen LogP contribution in [0.2, 0.25) is 0 Å².